The van der Waals surface area contributed by atoms with Gasteiger partial charge in [0.25, 0.3) is 5.91 Å². The Kier molecular flexibility index (Phi) is 6.05. The number of nitrogens with one attached hydrogen (secondary N) is 1. The van der Waals surface area contributed by atoms with Crippen molar-refractivity contribution in [3.63, 3.8) is 0 Å². The van der Waals surface area contributed by atoms with E-state index in [9.17, 15) is 4.79 Å². The van der Waals surface area contributed by atoms with Crippen molar-refractivity contribution in [1.82, 2.24) is 5.32 Å². The molecule has 0 saturated heterocycles. The van der Waals surface area contributed by atoms with E-state index < -0.39 is 0 Å². The molecule has 0 atom stereocenters. The van der Waals surface area contributed by atoms with Crippen LogP contribution in [0.15, 0.2) is 24.3 Å². The maximum Gasteiger partial charge on any atom is 0.251 e. The molecular formula is C13H18BrNO2. The van der Waals surface area contributed by atoms with Crippen molar-refractivity contribution < 1.29 is 9.53 Å². The van der Waals surface area contributed by atoms with Gasteiger partial charge in [0.15, 0.2) is 0 Å². The summed E-state index contributed by atoms with van der Waals surface area (Å²) in [4.78, 5) is 11.8. The first-order chi connectivity index (χ1) is 8.13. The van der Waals surface area contributed by atoms with Crippen LogP contribution in [0.3, 0.4) is 0 Å². The molecule has 0 aliphatic rings. The lowest BCUT2D eigenvalue weighted by atomic mass is 10.2. The van der Waals surface area contributed by atoms with Crippen molar-refractivity contribution in [2.24, 2.45) is 0 Å². The minimum Gasteiger partial charge on any atom is -0.491 e. The molecule has 0 unspecified atom stereocenters. The van der Waals surface area contributed by atoms with Gasteiger partial charge in [0.1, 0.15) is 5.75 Å². The minimum absolute atomic E-state index is 0.0554. The first kappa shape index (κ1) is 14.0. The predicted octanol–water partition coefficient (Wildman–Crippen LogP) is 2.99. The number of hydrogen-bond donors (Lipinski definition) is 1. The van der Waals surface area contributed by atoms with Gasteiger partial charge in [-0.25, -0.2) is 0 Å². The van der Waals surface area contributed by atoms with Crippen LogP contribution in [-0.4, -0.2) is 23.9 Å². The summed E-state index contributed by atoms with van der Waals surface area (Å²) in [7, 11) is 0. The zero-order chi connectivity index (χ0) is 12.7. The maximum atomic E-state index is 11.8. The lowest BCUT2D eigenvalue weighted by Crippen LogP contribution is -2.24. The second-order valence-electron chi connectivity index (χ2n) is 3.99. The SMILES string of the molecule is CC(C)Oc1cccc(C(=O)NCCCBr)c1. The van der Waals surface area contributed by atoms with Crippen LogP contribution in [0.4, 0.5) is 0 Å². The summed E-state index contributed by atoms with van der Waals surface area (Å²) < 4.78 is 5.54. The van der Waals surface area contributed by atoms with E-state index in [1.807, 2.05) is 26.0 Å². The van der Waals surface area contributed by atoms with Crippen LogP contribution in [0.5, 0.6) is 5.75 Å². The van der Waals surface area contributed by atoms with Gasteiger partial charge in [-0.05, 0) is 38.5 Å². The zero-order valence-corrected chi connectivity index (χ0v) is 11.8. The number of carbonyl (C=O) groups is 1. The number of benzene rings is 1. The Morgan fingerprint density at radius 3 is 2.88 bits per heavy atom. The predicted molar refractivity (Wildman–Crippen MR) is 73.0 cm³/mol. The van der Waals surface area contributed by atoms with Crippen LogP contribution in [0.25, 0.3) is 0 Å². The number of carbonyl (C=O) groups excluding carboxylic acids is 1. The smallest absolute Gasteiger partial charge is 0.251 e. The van der Waals surface area contributed by atoms with Crippen molar-refractivity contribution in [3.05, 3.63) is 29.8 Å². The molecule has 3 nitrogen and oxygen atoms in total. The number of amides is 1. The average Bonchev–Trinajstić information content (AvgIpc) is 2.28. The molecule has 1 aromatic rings. The highest BCUT2D eigenvalue weighted by Gasteiger charge is 2.06. The lowest BCUT2D eigenvalue weighted by molar-refractivity contribution is 0.0953. The Hall–Kier alpha value is -1.03. The zero-order valence-electron chi connectivity index (χ0n) is 10.2. The van der Waals surface area contributed by atoms with E-state index >= 15 is 0 Å². The highest BCUT2D eigenvalue weighted by atomic mass is 79.9. The molecule has 17 heavy (non-hydrogen) atoms. The Labute approximate surface area is 111 Å². The fourth-order valence-corrected chi connectivity index (χ4v) is 1.63. The number of alkyl halides is 1. The van der Waals surface area contributed by atoms with Gasteiger partial charge in [-0.2, -0.15) is 0 Å². The third kappa shape index (κ3) is 5.22. The molecule has 1 N–H and O–H groups in total. The van der Waals surface area contributed by atoms with Crippen molar-refractivity contribution >= 4 is 21.8 Å². The van der Waals surface area contributed by atoms with Gasteiger partial charge in [-0.15, -0.1) is 0 Å². The first-order valence-electron chi connectivity index (χ1n) is 5.74. The number of hydrogen-bond acceptors (Lipinski definition) is 2. The van der Waals surface area contributed by atoms with E-state index in [2.05, 4.69) is 21.2 Å². The number of ether oxygens (including phenoxy) is 1. The Morgan fingerprint density at radius 1 is 1.47 bits per heavy atom. The molecule has 0 spiro atoms. The van der Waals surface area contributed by atoms with Crippen molar-refractivity contribution in [2.75, 3.05) is 11.9 Å². The van der Waals surface area contributed by atoms with Gasteiger partial charge >= 0.3 is 0 Å². The van der Waals surface area contributed by atoms with E-state index in [4.69, 9.17) is 4.74 Å². The fourth-order valence-electron chi connectivity index (χ4n) is 1.35. The van der Waals surface area contributed by atoms with E-state index in [-0.39, 0.29) is 12.0 Å². The first-order valence-corrected chi connectivity index (χ1v) is 6.86. The number of halogens is 1. The Balaban J connectivity index is 2.60. The molecule has 0 aliphatic heterocycles. The monoisotopic (exact) mass is 299 g/mol. The van der Waals surface area contributed by atoms with E-state index in [1.165, 1.54) is 0 Å². The molecule has 0 heterocycles. The standard InChI is InChI=1S/C13H18BrNO2/c1-10(2)17-12-6-3-5-11(9-12)13(16)15-8-4-7-14/h3,5-6,9-10H,4,7-8H2,1-2H3,(H,15,16). The summed E-state index contributed by atoms with van der Waals surface area (Å²) in [5.41, 5.74) is 0.637. The van der Waals surface area contributed by atoms with Crippen LogP contribution in [0.2, 0.25) is 0 Å². The number of rotatable bonds is 6. The molecule has 4 heteroatoms. The second kappa shape index (κ2) is 7.33. The van der Waals surface area contributed by atoms with Gasteiger partial charge in [-0.3, -0.25) is 4.79 Å². The van der Waals surface area contributed by atoms with Gasteiger partial charge < -0.3 is 10.1 Å². The molecule has 1 aromatic carbocycles. The molecule has 94 valence electrons. The molecule has 1 rings (SSSR count). The normalized spacial score (nSPS) is 10.4. The van der Waals surface area contributed by atoms with Crippen LogP contribution in [0, 0.1) is 0 Å². The van der Waals surface area contributed by atoms with Gasteiger partial charge in [0, 0.05) is 17.4 Å². The average molecular weight is 300 g/mol. The summed E-state index contributed by atoms with van der Waals surface area (Å²) in [6.07, 6.45) is 1.04. The summed E-state index contributed by atoms with van der Waals surface area (Å²) in [6.45, 7) is 4.60. The van der Waals surface area contributed by atoms with E-state index in [1.54, 1.807) is 12.1 Å². The van der Waals surface area contributed by atoms with E-state index in [0.29, 0.717) is 12.1 Å². The molecule has 0 saturated carbocycles. The molecule has 0 aliphatic carbocycles. The van der Waals surface area contributed by atoms with Crippen molar-refractivity contribution in [1.29, 1.82) is 0 Å². The van der Waals surface area contributed by atoms with Crippen LogP contribution >= 0.6 is 15.9 Å². The minimum atomic E-state index is -0.0554. The van der Waals surface area contributed by atoms with Gasteiger partial charge in [-0.1, -0.05) is 22.0 Å². The molecule has 0 aromatic heterocycles. The highest BCUT2D eigenvalue weighted by Crippen LogP contribution is 2.14. The fraction of sp³-hybridized carbons (Fsp3) is 0.462. The molecular weight excluding hydrogens is 282 g/mol. The van der Waals surface area contributed by atoms with Crippen LogP contribution in [-0.2, 0) is 0 Å². The van der Waals surface area contributed by atoms with Crippen LogP contribution < -0.4 is 10.1 Å². The van der Waals surface area contributed by atoms with Crippen LogP contribution in [0.1, 0.15) is 30.6 Å². The summed E-state index contributed by atoms with van der Waals surface area (Å²) in [5, 5.41) is 3.75. The third-order valence-corrected chi connectivity index (χ3v) is 2.62. The molecule has 0 fully saturated rings. The lowest BCUT2D eigenvalue weighted by Gasteiger charge is -2.10. The van der Waals surface area contributed by atoms with Gasteiger partial charge in [0.2, 0.25) is 0 Å². The second-order valence-corrected chi connectivity index (χ2v) is 4.79. The molecule has 0 radical (unpaired) electrons. The Bertz CT molecular complexity index is 366. The largest absolute Gasteiger partial charge is 0.491 e. The summed E-state index contributed by atoms with van der Waals surface area (Å²) in [5.74, 6) is 0.674. The Morgan fingerprint density at radius 2 is 2.24 bits per heavy atom. The summed E-state index contributed by atoms with van der Waals surface area (Å²) >= 11 is 3.32. The summed E-state index contributed by atoms with van der Waals surface area (Å²) in [6, 6.07) is 7.24. The highest BCUT2D eigenvalue weighted by molar-refractivity contribution is 9.09. The van der Waals surface area contributed by atoms with Gasteiger partial charge in [0.05, 0.1) is 6.10 Å². The van der Waals surface area contributed by atoms with Crippen molar-refractivity contribution in [2.45, 2.75) is 26.4 Å². The quantitative estimate of drug-likeness (QED) is 0.648. The maximum absolute atomic E-state index is 11.8. The van der Waals surface area contributed by atoms with E-state index in [0.717, 1.165) is 17.5 Å². The molecule has 1 amide bonds. The van der Waals surface area contributed by atoms with Crippen molar-refractivity contribution in [3.8, 4) is 5.75 Å². The third-order valence-electron chi connectivity index (χ3n) is 2.06. The topological polar surface area (TPSA) is 38.3 Å². The molecule has 0 bridgehead atoms.